The number of likely N-dealkylation sites (tertiary alicyclic amines) is 1. The maximum absolute atomic E-state index is 15.8. The van der Waals surface area contributed by atoms with Gasteiger partial charge in [0.05, 0.1) is 43.4 Å². The van der Waals surface area contributed by atoms with Crippen LogP contribution in [0.2, 0.25) is 5.02 Å². The van der Waals surface area contributed by atoms with E-state index in [-0.39, 0.29) is 88.2 Å². The molecule has 107 heavy (non-hydrogen) atoms. The fourth-order valence-corrected chi connectivity index (χ4v) is 13.8. The molecule has 7 N–H and O–H groups in total. The number of carbonyl (C=O) groups excluding carboxylic acids is 11. The highest BCUT2D eigenvalue weighted by Crippen LogP contribution is 2.26. The van der Waals surface area contributed by atoms with E-state index in [1.165, 1.54) is 99.5 Å². The van der Waals surface area contributed by atoms with Gasteiger partial charge in [0.1, 0.15) is 54.6 Å². The highest BCUT2D eigenvalue weighted by Gasteiger charge is 2.45. The number of amides is 11. The number of rotatable bonds is 20. The van der Waals surface area contributed by atoms with Crippen LogP contribution >= 0.6 is 11.6 Å². The summed E-state index contributed by atoms with van der Waals surface area (Å²) < 4.78 is 6.03. The Morgan fingerprint density at radius 1 is 0.542 bits per heavy atom. The summed E-state index contributed by atoms with van der Waals surface area (Å²) in [5.74, 6) is -8.73. The zero-order valence-corrected chi connectivity index (χ0v) is 68.2. The number of carbonyl (C=O) groups is 11. The SMILES string of the molecule is CC[C@H](C)[C@@H]1NC(=O)[C@H](CC(C)C)N(C)C(=O)CCCN(C)C(=O)C[C@@H](C(=O)N2CCCCC2)NC(=O)[C@H](CC(C)C)N(C)C(=O)[C@H](CC(C)C)N(C)C(=O)[C@H]([C@@H](C)O)NC(=O)[C@H](CC(C)C)N(C)C(O)[C@H](COCC(C)(C)O)NC(=O)[C@H](Cc2cccc(Cl)c2)N(C)C(=O)[C@H](Cc2ccccc2)N(C)C1=O. The first kappa shape index (κ1) is 92.1. The van der Waals surface area contributed by atoms with Crippen molar-refractivity contribution in [1.29, 1.82) is 0 Å². The highest BCUT2D eigenvalue weighted by molar-refractivity contribution is 6.30. The van der Waals surface area contributed by atoms with Gasteiger partial charge in [-0.05, 0) is 132 Å². The standard InChI is InChI=1S/C79H129ClN12O15/c1-21-52(10)67-77(104)91(20)64(43-54-30-24-22-25-31-54)76(103)89(18)62(44-55-32-28-33-56(80)42-55)70(97)82-58(46-107-47-79(12,13)106)73(100)87(16)61(40-50(6)7)72(99)84-68(53(11)93)78(105)90(19)63(41-51(8)9)75(102)88(17)60(39-49(4)5)69(96)81-57(74(101)92-36-26-23-27-37-92)45-66(95)85(14)35-29-34-65(94)86(15)59(38-48(2)3)71(98)83-67/h22,24-25,28,30-33,42,48-53,57-64,67-68,73,93,100,106H,21,23,26-27,29,34-41,43-47H2,1-20H3,(H,81,96)(H,82,97)(H,83,98)(H,84,99)/t52-,53+,57-,58-,59-,60-,61-,62-,63-,64-,67-,68-,73?/m0/s1. The molecule has 0 saturated carbocycles. The zero-order chi connectivity index (χ0) is 80.6. The van der Waals surface area contributed by atoms with Crippen molar-refractivity contribution < 1.29 is 72.8 Å². The van der Waals surface area contributed by atoms with Gasteiger partial charge in [0.25, 0.3) is 0 Å². The minimum absolute atomic E-state index is 0.0234. The number of likely N-dealkylation sites (N-methyl/N-ethyl adjacent to an activating group) is 6. The summed E-state index contributed by atoms with van der Waals surface area (Å²) in [5, 5.41) is 47.0. The second-order valence-corrected chi connectivity index (χ2v) is 32.6. The number of piperidine rings is 1. The summed E-state index contributed by atoms with van der Waals surface area (Å²) in [4.78, 5) is 176. The van der Waals surface area contributed by atoms with Crippen molar-refractivity contribution in [2.45, 2.75) is 252 Å². The van der Waals surface area contributed by atoms with Crippen LogP contribution in [0.1, 0.15) is 172 Å². The molecule has 1 unspecified atom stereocenters. The van der Waals surface area contributed by atoms with Crippen molar-refractivity contribution >= 4 is 76.6 Å². The van der Waals surface area contributed by atoms with Gasteiger partial charge in [0.2, 0.25) is 65.0 Å². The normalized spacial score (nSPS) is 25.8. The molecule has 2 aliphatic rings. The predicted octanol–water partition coefficient (Wildman–Crippen LogP) is 4.87. The van der Waals surface area contributed by atoms with E-state index < -0.39 is 162 Å². The lowest BCUT2D eigenvalue weighted by molar-refractivity contribution is -0.152. The van der Waals surface area contributed by atoms with E-state index >= 15 is 33.6 Å². The third-order valence-electron chi connectivity index (χ3n) is 20.4. The fraction of sp³-hybridized carbons (Fsp3) is 0.709. The molecule has 2 fully saturated rings. The molecule has 0 spiro atoms. The van der Waals surface area contributed by atoms with Gasteiger partial charge in [-0.2, -0.15) is 0 Å². The Morgan fingerprint density at radius 3 is 1.56 bits per heavy atom. The maximum atomic E-state index is 15.8. The molecule has 13 atom stereocenters. The van der Waals surface area contributed by atoms with Crippen molar-refractivity contribution in [3.8, 4) is 0 Å². The third kappa shape index (κ3) is 28.0. The molecule has 602 valence electrons. The largest absolute Gasteiger partial charge is 0.391 e. The number of nitrogens with one attached hydrogen (secondary N) is 4. The van der Waals surface area contributed by atoms with Crippen LogP contribution in [0.25, 0.3) is 0 Å². The van der Waals surface area contributed by atoms with Crippen LogP contribution in [0.5, 0.6) is 0 Å². The number of aliphatic hydroxyl groups is 3. The summed E-state index contributed by atoms with van der Waals surface area (Å²) in [7, 11) is 10.1. The van der Waals surface area contributed by atoms with Gasteiger partial charge in [-0.25, -0.2) is 0 Å². The number of halogens is 1. The van der Waals surface area contributed by atoms with Crippen LogP contribution in [-0.2, 0) is 70.3 Å². The van der Waals surface area contributed by atoms with Gasteiger partial charge in [-0.3, -0.25) is 57.6 Å². The van der Waals surface area contributed by atoms with Gasteiger partial charge < -0.3 is 75.6 Å². The molecule has 0 aromatic heterocycles. The van der Waals surface area contributed by atoms with Crippen molar-refractivity contribution in [1.82, 2.24) is 60.5 Å². The monoisotopic (exact) mass is 1520 g/mol. The molecule has 2 heterocycles. The average Bonchev–Trinajstić information content (AvgIpc) is 0.811. The van der Waals surface area contributed by atoms with Crippen LogP contribution < -0.4 is 21.3 Å². The number of hydrogen-bond acceptors (Lipinski definition) is 16. The Labute approximate surface area is 641 Å². The van der Waals surface area contributed by atoms with Crippen LogP contribution in [0, 0.1) is 29.6 Å². The van der Waals surface area contributed by atoms with Crippen molar-refractivity contribution in [3.63, 3.8) is 0 Å². The Hall–Kier alpha value is -7.30. The summed E-state index contributed by atoms with van der Waals surface area (Å²) in [5.41, 5.74) is -0.252. The van der Waals surface area contributed by atoms with Gasteiger partial charge in [0, 0.05) is 86.2 Å². The lowest BCUT2D eigenvalue weighted by Gasteiger charge is -2.40. The van der Waals surface area contributed by atoms with Crippen molar-refractivity contribution in [3.05, 3.63) is 70.7 Å². The molecule has 0 aliphatic carbocycles. The number of aliphatic hydroxyl groups excluding tert-OH is 2. The number of nitrogens with zero attached hydrogens (tertiary/aromatic N) is 8. The quantitative estimate of drug-likeness (QED) is 0.0930. The number of ether oxygens (including phenoxy) is 1. The van der Waals surface area contributed by atoms with Crippen LogP contribution in [0.15, 0.2) is 54.6 Å². The molecule has 0 bridgehead atoms. The lowest BCUT2D eigenvalue weighted by Crippen LogP contribution is -2.64. The van der Waals surface area contributed by atoms with E-state index in [0.29, 0.717) is 48.5 Å². The smallest absolute Gasteiger partial charge is 0.248 e. The molecule has 27 nitrogen and oxygen atoms in total. The molecule has 2 saturated heterocycles. The summed E-state index contributed by atoms with van der Waals surface area (Å²) >= 11 is 6.57. The van der Waals surface area contributed by atoms with Crippen molar-refractivity contribution in [2.24, 2.45) is 29.6 Å². The molecule has 4 rings (SSSR count). The highest BCUT2D eigenvalue weighted by atomic mass is 35.5. The third-order valence-corrected chi connectivity index (χ3v) is 20.6. The van der Waals surface area contributed by atoms with E-state index in [1.807, 2.05) is 62.3 Å². The molecular weight excluding hydrogens is 1390 g/mol. The molecule has 2 aromatic carbocycles. The van der Waals surface area contributed by atoms with Gasteiger partial charge in [-0.15, -0.1) is 0 Å². The molecule has 11 amide bonds. The van der Waals surface area contributed by atoms with Crippen LogP contribution in [0.3, 0.4) is 0 Å². The van der Waals surface area contributed by atoms with Crippen LogP contribution in [-0.4, -0.2) is 280 Å². The van der Waals surface area contributed by atoms with Gasteiger partial charge in [-0.1, -0.05) is 130 Å². The van der Waals surface area contributed by atoms with E-state index in [0.717, 1.165) is 11.3 Å². The van der Waals surface area contributed by atoms with E-state index in [1.54, 1.807) is 66.4 Å². The first-order valence-corrected chi connectivity index (χ1v) is 38.6. The summed E-state index contributed by atoms with van der Waals surface area (Å²) in [6.07, 6.45) is -1.08. The average molecular weight is 1520 g/mol. The van der Waals surface area contributed by atoms with E-state index in [9.17, 15) is 34.5 Å². The molecular formula is C79H129ClN12O15. The Bertz CT molecular complexity index is 3260. The first-order valence-electron chi connectivity index (χ1n) is 38.2. The summed E-state index contributed by atoms with van der Waals surface area (Å²) in [6, 6.07) is 2.06. The fourth-order valence-electron chi connectivity index (χ4n) is 13.6. The van der Waals surface area contributed by atoms with Crippen molar-refractivity contribution in [2.75, 3.05) is 82.2 Å². The predicted molar refractivity (Wildman–Crippen MR) is 411 cm³/mol. The van der Waals surface area contributed by atoms with Gasteiger partial charge in [0.15, 0.2) is 0 Å². The van der Waals surface area contributed by atoms with E-state index in [4.69, 9.17) is 16.3 Å². The molecule has 2 aliphatic heterocycles. The van der Waals surface area contributed by atoms with E-state index in [2.05, 4.69) is 21.3 Å². The molecule has 2 aromatic rings. The number of hydrogen-bond donors (Lipinski definition) is 7. The molecule has 28 heteroatoms. The maximum Gasteiger partial charge on any atom is 0.248 e. The van der Waals surface area contributed by atoms with Gasteiger partial charge >= 0.3 is 0 Å². The first-order chi connectivity index (χ1) is 50.0. The number of benzene rings is 2. The lowest BCUT2D eigenvalue weighted by atomic mass is 9.94. The Morgan fingerprint density at radius 2 is 1.01 bits per heavy atom. The Kier molecular flexibility index (Phi) is 37.2. The second kappa shape index (κ2) is 43.2. The topological polar surface area (TPSA) is 332 Å². The van der Waals surface area contributed by atoms with Crippen LogP contribution in [0.4, 0.5) is 0 Å². The zero-order valence-electron chi connectivity index (χ0n) is 67.4. The second-order valence-electron chi connectivity index (χ2n) is 32.1. The Balaban J connectivity index is 2.01. The summed E-state index contributed by atoms with van der Waals surface area (Å²) in [6.45, 7) is 22.8. The minimum atomic E-state index is -1.82. The molecule has 0 radical (unpaired) electrons. The minimum Gasteiger partial charge on any atom is -0.391 e.